The lowest BCUT2D eigenvalue weighted by molar-refractivity contribution is 0.514. The van der Waals surface area contributed by atoms with Crippen molar-refractivity contribution in [1.29, 1.82) is 0 Å². The second-order valence-corrected chi connectivity index (χ2v) is 5.39. The van der Waals surface area contributed by atoms with Crippen LogP contribution in [0.25, 0.3) is 11.3 Å². The molecule has 0 unspecified atom stereocenters. The van der Waals surface area contributed by atoms with Gasteiger partial charge in [-0.2, -0.15) is 10.2 Å². The van der Waals surface area contributed by atoms with E-state index in [1.165, 1.54) is 31.9 Å². The van der Waals surface area contributed by atoms with E-state index in [2.05, 4.69) is 32.1 Å². The highest BCUT2D eigenvalue weighted by Crippen LogP contribution is 2.14. The number of unbranched alkanes of at least 4 members (excludes halogenated alkanes) is 5. The Morgan fingerprint density at radius 2 is 1.96 bits per heavy atom. The summed E-state index contributed by atoms with van der Waals surface area (Å²) in [6.45, 7) is 5.22. The van der Waals surface area contributed by atoms with Gasteiger partial charge in [0.25, 0.3) is 0 Å². The summed E-state index contributed by atoms with van der Waals surface area (Å²) in [7, 11) is 0. The highest BCUT2D eigenvalue weighted by atomic mass is 15.4. The van der Waals surface area contributed by atoms with Crippen molar-refractivity contribution >= 4 is 0 Å². The molecule has 6 heteroatoms. The van der Waals surface area contributed by atoms with Gasteiger partial charge in [-0.15, -0.1) is 5.10 Å². The van der Waals surface area contributed by atoms with Crippen LogP contribution in [0.15, 0.2) is 53.7 Å². The van der Waals surface area contributed by atoms with Crippen LogP contribution in [0.5, 0.6) is 0 Å². The van der Waals surface area contributed by atoms with Crippen molar-refractivity contribution < 1.29 is 0 Å². The molecule has 0 spiro atoms. The van der Waals surface area contributed by atoms with Crippen molar-refractivity contribution in [3.8, 4) is 11.3 Å². The van der Waals surface area contributed by atoms with Crippen molar-refractivity contribution in [2.45, 2.75) is 45.1 Å². The molecule has 2 rings (SSSR count). The Morgan fingerprint density at radius 3 is 2.74 bits per heavy atom. The number of aryl methyl sites for hydroxylation is 1. The molecule has 0 aliphatic heterocycles. The van der Waals surface area contributed by atoms with E-state index >= 15 is 0 Å². The summed E-state index contributed by atoms with van der Waals surface area (Å²) in [6.07, 6.45) is 14.2. The fourth-order valence-electron chi connectivity index (χ4n) is 2.33. The van der Waals surface area contributed by atoms with Gasteiger partial charge in [0.1, 0.15) is 5.69 Å². The third-order valence-electron chi connectivity index (χ3n) is 3.55. The lowest BCUT2D eigenvalue weighted by Crippen LogP contribution is -1.98. The quantitative estimate of drug-likeness (QED) is 0.459. The molecule has 6 nitrogen and oxygen atoms in total. The van der Waals surface area contributed by atoms with Gasteiger partial charge in [-0.3, -0.25) is 9.67 Å². The number of aromatic nitrogens is 4. The zero-order valence-corrected chi connectivity index (χ0v) is 13.5. The summed E-state index contributed by atoms with van der Waals surface area (Å²) in [5, 5.41) is 16.1. The molecule has 2 aromatic heterocycles. The number of rotatable bonds is 11. The molecule has 0 aromatic carbocycles. The van der Waals surface area contributed by atoms with Gasteiger partial charge >= 0.3 is 0 Å². The molecule has 0 fully saturated rings. The molecule has 2 aromatic rings. The molecule has 0 aliphatic rings. The highest BCUT2D eigenvalue weighted by molar-refractivity contribution is 5.55. The minimum absolute atomic E-state index is 0.808. The van der Waals surface area contributed by atoms with Crippen molar-refractivity contribution in [3.05, 3.63) is 43.5 Å². The van der Waals surface area contributed by atoms with Crippen LogP contribution >= 0.6 is 0 Å². The van der Waals surface area contributed by atoms with Gasteiger partial charge in [0.15, 0.2) is 0 Å². The van der Waals surface area contributed by atoms with Crippen LogP contribution in [0.1, 0.15) is 38.5 Å². The molecule has 0 N–H and O–H groups in total. The van der Waals surface area contributed by atoms with Crippen molar-refractivity contribution in [2.24, 2.45) is 10.2 Å². The van der Waals surface area contributed by atoms with E-state index < -0.39 is 0 Å². The molecule has 0 saturated carbocycles. The fourth-order valence-corrected chi connectivity index (χ4v) is 2.33. The first-order chi connectivity index (χ1) is 11.4. The van der Waals surface area contributed by atoms with Crippen LogP contribution in [0, 0.1) is 0 Å². The molecular weight excluding hydrogens is 288 g/mol. The first-order valence-electron chi connectivity index (χ1n) is 8.18. The third-order valence-corrected chi connectivity index (χ3v) is 3.55. The average Bonchev–Trinajstić information content (AvgIpc) is 3.06. The predicted octanol–water partition coefficient (Wildman–Crippen LogP) is 4.28. The molecule has 0 saturated heterocycles. The molecule has 0 radical (unpaired) electrons. The molecule has 122 valence electrons. The van der Waals surface area contributed by atoms with Gasteiger partial charge in [0.05, 0.1) is 12.7 Å². The smallest absolute Gasteiger partial charge is 0.114 e. The number of pyridine rings is 1. The van der Waals surface area contributed by atoms with E-state index in [1.54, 1.807) is 6.20 Å². The largest absolute Gasteiger partial charge is 0.264 e. The maximum absolute atomic E-state index is 4.20. The van der Waals surface area contributed by atoms with Crippen LogP contribution in [0.2, 0.25) is 0 Å². The highest BCUT2D eigenvalue weighted by Gasteiger charge is 2.03. The number of hydrogen-bond acceptors (Lipinski definition) is 5. The van der Waals surface area contributed by atoms with E-state index in [0.29, 0.717) is 0 Å². The number of hydrogen-bond donors (Lipinski definition) is 0. The number of azo groups is 1. The summed E-state index contributed by atoms with van der Waals surface area (Å²) in [6, 6.07) is 3.91. The minimum atomic E-state index is 0.808. The zero-order chi connectivity index (χ0) is 16.2. The Hall–Kier alpha value is -2.37. The normalized spacial score (nSPS) is 11.1. The van der Waals surface area contributed by atoms with E-state index in [1.807, 2.05) is 29.2 Å². The maximum atomic E-state index is 4.20. The summed E-state index contributed by atoms with van der Waals surface area (Å²) in [5.41, 5.74) is 1.89. The molecule has 2 heterocycles. The zero-order valence-electron chi connectivity index (χ0n) is 13.5. The Morgan fingerprint density at radius 1 is 1.13 bits per heavy atom. The van der Waals surface area contributed by atoms with Gasteiger partial charge in [-0.1, -0.05) is 37.5 Å². The van der Waals surface area contributed by atoms with Crippen LogP contribution < -0.4 is 0 Å². The molecule has 0 aliphatic carbocycles. The summed E-state index contributed by atoms with van der Waals surface area (Å²) < 4.78 is 1.91. The maximum Gasteiger partial charge on any atom is 0.114 e. The lowest BCUT2D eigenvalue weighted by atomic mass is 10.1. The van der Waals surface area contributed by atoms with Crippen LogP contribution in [-0.2, 0) is 6.54 Å². The van der Waals surface area contributed by atoms with Crippen molar-refractivity contribution in [2.75, 3.05) is 6.54 Å². The Balaban J connectivity index is 1.56. The lowest BCUT2D eigenvalue weighted by Gasteiger charge is -2.01. The average molecular weight is 312 g/mol. The minimum Gasteiger partial charge on any atom is -0.264 e. The van der Waals surface area contributed by atoms with Gasteiger partial charge < -0.3 is 0 Å². The topological polar surface area (TPSA) is 68.3 Å². The Kier molecular flexibility index (Phi) is 7.66. The van der Waals surface area contributed by atoms with Gasteiger partial charge in [0.2, 0.25) is 0 Å². The van der Waals surface area contributed by atoms with E-state index in [9.17, 15) is 0 Å². The predicted molar refractivity (Wildman–Crippen MR) is 90.9 cm³/mol. The second-order valence-electron chi connectivity index (χ2n) is 5.39. The van der Waals surface area contributed by atoms with Crippen LogP contribution in [-0.4, -0.2) is 26.5 Å². The van der Waals surface area contributed by atoms with Gasteiger partial charge in [0, 0.05) is 30.7 Å². The first kappa shape index (κ1) is 17.0. The molecule has 0 bridgehead atoms. The Bertz CT molecular complexity index is 590. The van der Waals surface area contributed by atoms with Crippen LogP contribution in [0.4, 0.5) is 0 Å². The SMILES string of the molecule is C=CN=NCCCCCCCCn1cc(-c2cccnc2)nn1. The molecule has 23 heavy (non-hydrogen) atoms. The Labute approximate surface area is 137 Å². The molecule has 0 atom stereocenters. The molecule has 0 amide bonds. The van der Waals surface area contributed by atoms with Gasteiger partial charge in [-0.25, -0.2) is 0 Å². The van der Waals surface area contributed by atoms with Crippen LogP contribution in [0.3, 0.4) is 0 Å². The van der Waals surface area contributed by atoms with E-state index in [0.717, 1.165) is 37.2 Å². The van der Waals surface area contributed by atoms with E-state index in [-0.39, 0.29) is 0 Å². The molecular formula is C17H24N6. The summed E-state index contributed by atoms with van der Waals surface area (Å²) in [4.78, 5) is 4.10. The standard InChI is InChI=1S/C17H24N6/c1-2-19-20-12-7-5-3-4-6-8-13-23-15-17(21-22-23)16-10-9-11-18-14-16/h2,9-11,14-15H,1,3-8,12-13H2. The van der Waals surface area contributed by atoms with Gasteiger partial charge in [-0.05, 0) is 25.0 Å². The number of nitrogens with zero attached hydrogens (tertiary/aromatic N) is 6. The van der Waals surface area contributed by atoms with Crippen molar-refractivity contribution in [1.82, 2.24) is 20.0 Å². The third kappa shape index (κ3) is 6.50. The summed E-state index contributed by atoms with van der Waals surface area (Å²) >= 11 is 0. The second kappa shape index (κ2) is 10.4. The van der Waals surface area contributed by atoms with E-state index in [4.69, 9.17) is 0 Å². The monoisotopic (exact) mass is 312 g/mol. The van der Waals surface area contributed by atoms with Crippen molar-refractivity contribution in [3.63, 3.8) is 0 Å². The summed E-state index contributed by atoms with van der Waals surface area (Å²) in [5.74, 6) is 0. The first-order valence-corrected chi connectivity index (χ1v) is 8.18. The fraction of sp³-hybridized carbons (Fsp3) is 0.471.